The van der Waals surface area contributed by atoms with Crippen molar-refractivity contribution in [1.29, 1.82) is 0 Å². The Labute approximate surface area is 151 Å². The Kier molecular flexibility index (Phi) is 4.67. The number of benzene rings is 1. The van der Waals surface area contributed by atoms with Crippen LogP contribution in [-0.4, -0.2) is 47.1 Å². The first-order valence-corrected chi connectivity index (χ1v) is 8.81. The summed E-state index contributed by atoms with van der Waals surface area (Å²) in [7, 11) is 0. The minimum absolute atomic E-state index is 0.0884. The summed E-state index contributed by atoms with van der Waals surface area (Å²) >= 11 is 0. The maximum absolute atomic E-state index is 12.8. The lowest BCUT2D eigenvalue weighted by atomic mass is 9.97. The van der Waals surface area contributed by atoms with Gasteiger partial charge < -0.3 is 14.1 Å². The zero-order valence-electron chi connectivity index (χ0n) is 14.7. The molecule has 0 saturated carbocycles. The molecular formula is C20H21N3O3. The molecule has 1 aromatic carbocycles. The zero-order chi connectivity index (χ0) is 17.9. The molecule has 0 spiro atoms. The molecule has 1 aliphatic rings. The minimum Gasteiger partial charge on any atom is -0.464 e. The van der Waals surface area contributed by atoms with Crippen molar-refractivity contribution < 1.29 is 13.9 Å². The fourth-order valence-corrected chi connectivity index (χ4v) is 3.40. The number of rotatable bonds is 3. The summed E-state index contributed by atoms with van der Waals surface area (Å²) in [6.07, 6.45) is 5.72. The summed E-state index contributed by atoms with van der Waals surface area (Å²) in [5.74, 6) is 0.134. The third kappa shape index (κ3) is 3.46. The molecule has 6 heteroatoms. The van der Waals surface area contributed by atoms with Crippen LogP contribution in [-0.2, 0) is 11.2 Å². The van der Waals surface area contributed by atoms with E-state index in [1.165, 1.54) is 5.56 Å². The maximum Gasteiger partial charge on any atom is 0.274 e. The summed E-state index contributed by atoms with van der Waals surface area (Å²) in [4.78, 5) is 23.0. The molecule has 2 aromatic heterocycles. The van der Waals surface area contributed by atoms with Crippen molar-refractivity contribution in [2.24, 2.45) is 5.92 Å². The van der Waals surface area contributed by atoms with Gasteiger partial charge in [-0.25, -0.2) is 4.98 Å². The molecule has 26 heavy (non-hydrogen) atoms. The summed E-state index contributed by atoms with van der Waals surface area (Å²) < 4.78 is 11.2. The normalized spacial score (nSPS) is 18.0. The Morgan fingerprint density at radius 1 is 1.27 bits per heavy atom. The first kappa shape index (κ1) is 16.7. The van der Waals surface area contributed by atoms with Crippen LogP contribution in [0.25, 0.3) is 11.0 Å². The number of hydrogen-bond acceptors (Lipinski definition) is 5. The molecule has 3 heterocycles. The van der Waals surface area contributed by atoms with Gasteiger partial charge in [-0.3, -0.25) is 9.78 Å². The lowest BCUT2D eigenvalue weighted by Gasteiger charge is -2.23. The van der Waals surface area contributed by atoms with Gasteiger partial charge in [-0.05, 0) is 31.0 Å². The van der Waals surface area contributed by atoms with Crippen LogP contribution < -0.4 is 0 Å². The van der Waals surface area contributed by atoms with E-state index < -0.39 is 0 Å². The number of carbonyl (C=O) groups is 1. The molecule has 1 amide bonds. The van der Waals surface area contributed by atoms with Crippen LogP contribution in [0.3, 0.4) is 0 Å². The second-order valence-corrected chi connectivity index (χ2v) is 6.69. The molecule has 6 nitrogen and oxygen atoms in total. The SMILES string of the molecule is Cc1cnc(C(=O)N2CCOC[C@@H](Cc3cccc4occc34)C2)cn1. The number of nitrogens with zero attached hydrogens (tertiary/aromatic N) is 3. The molecule has 0 N–H and O–H groups in total. The summed E-state index contributed by atoms with van der Waals surface area (Å²) in [6, 6.07) is 8.07. The molecule has 1 fully saturated rings. The third-order valence-corrected chi connectivity index (χ3v) is 4.72. The van der Waals surface area contributed by atoms with E-state index >= 15 is 0 Å². The van der Waals surface area contributed by atoms with Crippen molar-refractivity contribution >= 4 is 16.9 Å². The Balaban J connectivity index is 1.51. The van der Waals surface area contributed by atoms with Crippen molar-refractivity contribution in [3.8, 4) is 0 Å². The van der Waals surface area contributed by atoms with Crippen molar-refractivity contribution in [3.05, 3.63) is 59.9 Å². The number of aryl methyl sites for hydroxylation is 1. The van der Waals surface area contributed by atoms with Crippen LogP contribution in [0.5, 0.6) is 0 Å². The molecule has 3 aromatic rings. The van der Waals surface area contributed by atoms with Gasteiger partial charge >= 0.3 is 0 Å². The number of carbonyl (C=O) groups excluding carboxylic acids is 1. The smallest absolute Gasteiger partial charge is 0.274 e. The van der Waals surface area contributed by atoms with Gasteiger partial charge in [0.1, 0.15) is 11.3 Å². The van der Waals surface area contributed by atoms with Gasteiger partial charge in [0.05, 0.1) is 31.4 Å². The van der Waals surface area contributed by atoms with E-state index in [0.29, 0.717) is 32.0 Å². The van der Waals surface area contributed by atoms with E-state index in [9.17, 15) is 4.79 Å². The van der Waals surface area contributed by atoms with Gasteiger partial charge in [0, 0.05) is 30.6 Å². The fourth-order valence-electron chi connectivity index (χ4n) is 3.40. The Hall–Kier alpha value is -2.73. The summed E-state index contributed by atoms with van der Waals surface area (Å²) in [5, 5.41) is 1.12. The van der Waals surface area contributed by atoms with Crippen LogP contribution in [0.4, 0.5) is 0 Å². The average molecular weight is 351 g/mol. The minimum atomic E-state index is -0.0884. The number of furan rings is 1. The first-order chi connectivity index (χ1) is 12.7. The van der Waals surface area contributed by atoms with Gasteiger partial charge in [0.25, 0.3) is 5.91 Å². The van der Waals surface area contributed by atoms with Gasteiger partial charge in [0.2, 0.25) is 0 Å². The largest absolute Gasteiger partial charge is 0.464 e. The van der Waals surface area contributed by atoms with Gasteiger partial charge in [-0.2, -0.15) is 0 Å². The Morgan fingerprint density at radius 2 is 2.19 bits per heavy atom. The first-order valence-electron chi connectivity index (χ1n) is 8.81. The Morgan fingerprint density at radius 3 is 3.04 bits per heavy atom. The number of amides is 1. The molecule has 1 aliphatic heterocycles. The highest BCUT2D eigenvalue weighted by molar-refractivity contribution is 5.92. The van der Waals surface area contributed by atoms with Crippen molar-refractivity contribution in [2.75, 3.05) is 26.3 Å². The molecule has 1 atom stereocenters. The molecule has 4 rings (SSSR count). The molecule has 0 radical (unpaired) electrons. The molecule has 1 saturated heterocycles. The topological polar surface area (TPSA) is 68.5 Å². The predicted octanol–water partition coefficient (Wildman–Crippen LogP) is 2.86. The lowest BCUT2D eigenvalue weighted by Crippen LogP contribution is -2.37. The second kappa shape index (κ2) is 7.25. The van der Waals surface area contributed by atoms with Gasteiger partial charge in [-0.1, -0.05) is 12.1 Å². The monoisotopic (exact) mass is 351 g/mol. The van der Waals surface area contributed by atoms with E-state index in [1.54, 1.807) is 18.7 Å². The molecule has 0 unspecified atom stereocenters. The summed E-state index contributed by atoms with van der Waals surface area (Å²) in [6.45, 7) is 4.24. The van der Waals surface area contributed by atoms with Crippen molar-refractivity contribution in [1.82, 2.24) is 14.9 Å². The van der Waals surface area contributed by atoms with Crippen molar-refractivity contribution in [2.45, 2.75) is 13.3 Å². The van der Waals surface area contributed by atoms with Crippen LogP contribution in [0, 0.1) is 12.8 Å². The number of aromatic nitrogens is 2. The average Bonchev–Trinajstić information content (AvgIpc) is 3.02. The highest BCUT2D eigenvalue weighted by atomic mass is 16.5. The van der Waals surface area contributed by atoms with Crippen LogP contribution in [0.15, 0.2) is 47.3 Å². The molecule has 0 aliphatic carbocycles. The van der Waals surface area contributed by atoms with Crippen LogP contribution in [0.1, 0.15) is 21.7 Å². The quantitative estimate of drug-likeness (QED) is 0.726. The van der Waals surface area contributed by atoms with Crippen molar-refractivity contribution in [3.63, 3.8) is 0 Å². The summed E-state index contributed by atoms with van der Waals surface area (Å²) in [5.41, 5.74) is 3.29. The maximum atomic E-state index is 12.8. The zero-order valence-corrected chi connectivity index (χ0v) is 14.7. The number of hydrogen-bond donors (Lipinski definition) is 0. The molecule has 0 bridgehead atoms. The highest BCUT2D eigenvalue weighted by Gasteiger charge is 2.25. The van der Waals surface area contributed by atoms with E-state index in [2.05, 4.69) is 16.0 Å². The standard InChI is InChI=1S/C20H21N3O3/c1-14-10-22-18(11-21-14)20(24)23-6-8-25-13-15(12-23)9-16-3-2-4-19-17(16)5-7-26-19/h2-5,7,10-11,15H,6,8-9,12-13H2,1H3/t15-/m0/s1. The fraction of sp³-hybridized carbons (Fsp3) is 0.350. The highest BCUT2D eigenvalue weighted by Crippen LogP contribution is 2.24. The predicted molar refractivity (Wildman–Crippen MR) is 96.9 cm³/mol. The number of fused-ring (bicyclic) bond motifs is 1. The van der Waals surface area contributed by atoms with E-state index in [4.69, 9.17) is 9.15 Å². The second-order valence-electron chi connectivity index (χ2n) is 6.69. The van der Waals surface area contributed by atoms with Gasteiger partial charge in [0.15, 0.2) is 0 Å². The third-order valence-electron chi connectivity index (χ3n) is 4.72. The number of ether oxygens (including phenoxy) is 1. The van der Waals surface area contributed by atoms with Gasteiger partial charge in [-0.15, -0.1) is 0 Å². The van der Waals surface area contributed by atoms with Crippen LogP contribution in [0.2, 0.25) is 0 Å². The Bertz CT molecular complexity index is 904. The van der Waals surface area contributed by atoms with E-state index in [0.717, 1.165) is 23.1 Å². The van der Waals surface area contributed by atoms with E-state index in [1.807, 2.05) is 30.0 Å². The molecular weight excluding hydrogens is 330 g/mol. The molecule has 134 valence electrons. The lowest BCUT2D eigenvalue weighted by molar-refractivity contribution is 0.0731. The van der Waals surface area contributed by atoms with Crippen LogP contribution >= 0.6 is 0 Å². The van der Waals surface area contributed by atoms with E-state index in [-0.39, 0.29) is 11.8 Å².